The predicted octanol–water partition coefficient (Wildman–Crippen LogP) is 5.61. The third kappa shape index (κ3) is 5.17. The van der Waals surface area contributed by atoms with Gasteiger partial charge in [0.1, 0.15) is 0 Å². The second-order valence-electron chi connectivity index (χ2n) is 7.94. The van der Waals surface area contributed by atoms with Gasteiger partial charge in [-0.3, -0.25) is 4.79 Å². The van der Waals surface area contributed by atoms with E-state index in [-0.39, 0.29) is 11.9 Å². The lowest BCUT2D eigenvalue weighted by Crippen LogP contribution is -2.33. The SMILES string of the molecule is CCn1c(SCC(=O)N(C)C(c2ccccc2)c2ccccc2)nnc1-c1cccc(C)c1. The van der Waals surface area contributed by atoms with E-state index in [4.69, 9.17) is 0 Å². The van der Waals surface area contributed by atoms with E-state index in [1.807, 2.05) is 60.5 Å². The normalized spacial score (nSPS) is 11.0. The Labute approximate surface area is 199 Å². The molecule has 1 aromatic heterocycles. The molecule has 4 rings (SSSR count). The predicted molar refractivity (Wildman–Crippen MR) is 134 cm³/mol. The Balaban J connectivity index is 1.53. The van der Waals surface area contributed by atoms with Crippen molar-refractivity contribution in [1.82, 2.24) is 19.7 Å². The number of hydrogen-bond donors (Lipinski definition) is 0. The molecule has 3 aromatic carbocycles. The average Bonchev–Trinajstić information content (AvgIpc) is 3.27. The van der Waals surface area contributed by atoms with E-state index in [1.165, 1.54) is 17.3 Å². The highest BCUT2D eigenvalue weighted by Gasteiger charge is 2.24. The highest BCUT2D eigenvalue weighted by Crippen LogP contribution is 2.29. The number of carbonyl (C=O) groups is 1. The molecule has 1 heterocycles. The monoisotopic (exact) mass is 456 g/mol. The number of hydrogen-bond acceptors (Lipinski definition) is 4. The summed E-state index contributed by atoms with van der Waals surface area (Å²) in [5, 5.41) is 9.57. The Kier molecular flexibility index (Phi) is 7.25. The van der Waals surface area contributed by atoms with Crippen LogP contribution in [0.2, 0.25) is 0 Å². The van der Waals surface area contributed by atoms with E-state index in [1.54, 1.807) is 0 Å². The molecule has 0 N–H and O–H groups in total. The summed E-state index contributed by atoms with van der Waals surface area (Å²) in [4.78, 5) is 15.1. The average molecular weight is 457 g/mol. The van der Waals surface area contributed by atoms with Crippen molar-refractivity contribution < 1.29 is 4.79 Å². The summed E-state index contributed by atoms with van der Waals surface area (Å²) >= 11 is 1.43. The van der Waals surface area contributed by atoms with E-state index in [0.29, 0.717) is 5.75 Å². The molecule has 33 heavy (non-hydrogen) atoms. The zero-order chi connectivity index (χ0) is 23.2. The van der Waals surface area contributed by atoms with Crippen molar-refractivity contribution in [3.8, 4) is 11.4 Å². The van der Waals surface area contributed by atoms with Crippen LogP contribution in [-0.4, -0.2) is 38.4 Å². The smallest absolute Gasteiger partial charge is 0.233 e. The molecule has 5 nitrogen and oxygen atoms in total. The van der Waals surface area contributed by atoms with Gasteiger partial charge in [-0.05, 0) is 31.0 Å². The highest BCUT2D eigenvalue weighted by atomic mass is 32.2. The highest BCUT2D eigenvalue weighted by molar-refractivity contribution is 7.99. The van der Waals surface area contributed by atoms with Gasteiger partial charge in [0.25, 0.3) is 0 Å². The van der Waals surface area contributed by atoms with Crippen LogP contribution >= 0.6 is 11.8 Å². The maximum atomic E-state index is 13.3. The number of amides is 1. The maximum Gasteiger partial charge on any atom is 0.233 e. The van der Waals surface area contributed by atoms with Gasteiger partial charge in [-0.25, -0.2) is 0 Å². The van der Waals surface area contributed by atoms with Crippen molar-refractivity contribution in [3.05, 3.63) is 102 Å². The lowest BCUT2D eigenvalue weighted by molar-refractivity contribution is -0.128. The summed E-state index contributed by atoms with van der Waals surface area (Å²) in [6, 6.07) is 28.4. The summed E-state index contributed by atoms with van der Waals surface area (Å²) < 4.78 is 2.07. The number of nitrogens with zero attached hydrogens (tertiary/aromatic N) is 4. The first kappa shape index (κ1) is 22.8. The number of aryl methyl sites for hydroxylation is 1. The molecular weight excluding hydrogens is 428 g/mol. The van der Waals surface area contributed by atoms with Crippen LogP contribution in [0.5, 0.6) is 0 Å². The Morgan fingerprint density at radius 2 is 1.58 bits per heavy atom. The Morgan fingerprint density at radius 1 is 0.939 bits per heavy atom. The maximum absolute atomic E-state index is 13.3. The Morgan fingerprint density at radius 3 is 2.15 bits per heavy atom. The van der Waals surface area contributed by atoms with Crippen LogP contribution < -0.4 is 0 Å². The van der Waals surface area contributed by atoms with Gasteiger partial charge in [0.2, 0.25) is 5.91 Å². The number of benzene rings is 3. The fraction of sp³-hybridized carbons (Fsp3) is 0.222. The van der Waals surface area contributed by atoms with Crippen LogP contribution in [0.25, 0.3) is 11.4 Å². The van der Waals surface area contributed by atoms with Gasteiger partial charge in [-0.2, -0.15) is 0 Å². The molecule has 1 amide bonds. The number of carbonyl (C=O) groups excluding carboxylic acids is 1. The number of aromatic nitrogens is 3. The third-order valence-electron chi connectivity index (χ3n) is 5.65. The molecule has 0 saturated heterocycles. The molecule has 0 radical (unpaired) electrons. The van der Waals surface area contributed by atoms with Gasteiger partial charge in [0, 0.05) is 19.2 Å². The van der Waals surface area contributed by atoms with Crippen LogP contribution in [-0.2, 0) is 11.3 Å². The van der Waals surface area contributed by atoms with Gasteiger partial charge in [0.15, 0.2) is 11.0 Å². The van der Waals surface area contributed by atoms with E-state index in [9.17, 15) is 4.79 Å². The van der Waals surface area contributed by atoms with Crippen LogP contribution in [0.4, 0.5) is 0 Å². The van der Waals surface area contributed by atoms with Crippen LogP contribution in [0.3, 0.4) is 0 Å². The van der Waals surface area contributed by atoms with Crippen molar-refractivity contribution in [3.63, 3.8) is 0 Å². The molecule has 0 spiro atoms. The van der Waals surface area contributed by atoms with Crippen LogP contribution in [0, 0.1) is 6.92 Å². The zero-order valence-corrected chi connectivity index (χ0v) is 20.0. The van der Waals surface area contributed by atoms with E-state index in [0.717, 1.165) is 34.2 Å². The third-order valence-corrected chi connectivity index (χ3v) is 6.60. The molecule has 0 aliphatic rings. The standard InChI is InChI=1S/C27H28N4OS/c1-4-31-26(23-17-11-12-20(2)18-23)28-29-27(31)33-19-24(32)30(3)25(21-13-7-5-8-14-21)22-15-9-6-10-16-22/h5-18,25H,4,19H2,1-3H3. The number of rotatable bonds is 8. The first-order valence-electron chi connectivity index (χ1n) is 11.1. The minimum Gasteiger partial charge on any atom is -0.334 e. The van der Waals surface area contributed by atoms with Gasteiger partial charge < -0.3 is 9.47 Å². The molecule has 0 unspecified atom stereocenters. The lowest BCUT2D eigenvalue weighted by atomic mass is 9.97. The summed E-state index contributed by atoms with van der Waals surface area (Å²) in [6.07, 6.45) is 0. The second kappa shape index (κ2) is 10.5. The van der Waals surface area contributed by atoms with E-state index in [2.05, 4.69) is 65.0 Å². The largest absolute Gasteiger partial charge is 0.334 e. The molecule has 0 aliphatic carbocycles. The van der Waals surface area contributed by atoms with E-state index >= 15 is 0 Å². The lowest BCUT2D eigenvalue weighted by Gasteiger charge is -2.29. The molecule has 0 atom stereocenters. The molecule has 0 saturated carbocycles. The molecule has 168 valence electrons. The van der Waals surface area contributed by atoms with Crippen molar-refractivity contribution in [1.29, 1.82) is 0 Å². The van der Waals surface area contributed by atoms with Crippen molar-refractivity contribution in [2.75, 3.05) is 12.8 Å². The summed E-state index contributed by atoms with van der Waals surface area (Å²) in [6.45, 7) is 4.87. The van der Waals surface area contributed by atoms with Gasteiger partial charge >= 0.3 is 0 Å². The van der Waals surface area contributed by atoms with Gasteiger partial charge in [-0.1, -0.05) is 96.2 Å². The minimum absolute atomic E-state index is 0.0421. The first-order chi connectivity index (χ1) is 16.1. The molecule has 6 heteroatoms. The Bertz CT molecular complexity index is 1170. The molecular formula is C27H28N4OS. The van der Waals surface area contributed by atoms with Crippen molar-refractivity contribution >= 4 is 17.7 Å². The molecule has 0 aliphatic heterocycles. The first-order valence-corrected chi connectivity index (χ1v) is 12.1. The fourth-order valence-corrected chi connectivity index (χ4v) is 4.89. The molecule has 0 bridgehead atoms. The minimum atomic E-state index is -0.146. The van der Waals surface area contributed by atoms with E-state index < -0.39 is 0 Å². The summed E-state index contributed by atoms with van der Waals surface area (Å²) in [5.74, 6) is 1.16. The van der Waals surface area contributed by atoms with Crippen molar-refractivity contribution in [2.24, 2.45) is 0 Å². The van der Waals surface area contributed by atoms with Crippen molar-refractivity contribution in [2.45, 2.75) is 31.6 Å². The fourth-order valence-electron chi connectivity index (χ4n) is 3.96. The topological polar surface area (TPSA) is 51.0 Å². The van der Waals surface area contributed by atoms with Gasteiger partial charge in [-0.15, -0.1) is 10.2 Å². The summed E-state index contributed by atoms with van der Waals surface area (Å²) in [7, 11) is 1.87. The summed E-state index contributed by atoms with van der Waals surface area (Å²) in [5.41, 5.74) is 4.39. The quantitative estimate of drug-likeness (QED) is 0.323. The molecule has 0 fully saturated rings. The molecule has 4 aromatic rings. The Hall–Kier alpha value is -3.38. The van der Waals surface area contributed by atoms with Gasteiger partial charge in [0.05, 0.1) is 11.8 Å². The second-order valence-corrected chi connectivity index (χ2v) is 8.88. The number of thioether (sulfide) groups is 1. The van der Waals surface area contributed by atoms with Crippen LogP contribution in [0.15, 0.2) is 90.1 Å². The van der Waals surface area contributed by atoms with Crippen LogP contribution in [0.1, 0.15) is 29.7 Å². The zero-order valence-electron chi connectivity index (χ0n) is 19.2.